The summed E-state index contributed by atoms with van der Waals surface area (Å²) in [5.41, 5.74) is 0.464. The van der Waals surface area contributed by atoms with Gasteiger partial charge in [0.15, 0.2) is 17.5 Å². The van der Waals surface area contributed by atoms with Crippen LogP contribution in [0.4, 0.5) is 13.9 Å². The lowest BCUT2D eigenvalue weighted by atomic mass is 10.2. The first kappa shape index (κ1) is 9.97. The Kier molecular flexibility index (Phi) is 2.59. The van der Waals surface area contributed by atoms with Crippen molar-refractivity contribution in [2.75, 3.05) is 12.4 Å². The fraction of sp³-hybridized carbons (Fsp3) is 0.111. The summed E-state index contributed by atoms with van der Waals surface area (Å²) in [5, 5.41) is 3.45. The molecule has 3 nitrogen and oxygen atoms in total. The van der Waals surface area contributed by atoms with Crippen LogP contribution in [0.25, 0.3) is 11.4 Å². The molecule has 0 unspecified atom stereocenters. The standard InChI is InChI=1S/C9H7F2N3S/c1-12-9-13-8(14-15-9)5-2-3-6(10)7(11)4-5/h2-4H,1H3,(H,12,13,14). The Hall–Kier alpha value is -1.56. The third kappa shape index (κ3) is 1.94. The summed E-state index contributed by atoms with van der Waals surface area (Å²) in [4.78, 5) is 4.08. The highest BCUT2D eigenvalue weighted by Gasteiger charge is 2.08. The lowest BCUT2D eigenvalue weighted by molar-refractivity contribution is 0.509. The van der Waals surface area contributed by atoms with Crippen molar-refractivity contribution in [3.8, 4) is 11.4 Å². The van der Waals surface area contributed by atoms with Crippen LogP contribution in [0.15, 0.2) is 18.2 Å². The SMILES string of the molecule is CNc1nc(-c2ccc(F)c(F)c2)ns1. The largest absolute Gasteiger partial charge is 0.363 e. The normalized spacial score (nSPS) is 10.3. The molecule has 15 heavy (non-hydrogen) atoms. The van der Waals surface area contributed by atoms with Crippen molar-refractivity contribution >= 4 is 16.7 Å². The van der Waals surface area contributed by atoms with Crippen molar-refractivity contribution in [3.05, 3.63) is 29.8 Å². The van der Waals surface area contributed by atoms with Gasteiger partial charge in [-0.3, -0.25) is 0 Å². The van der Waals surface area contributed by atoms with Gasteiger partial charge in [-0.05, 0) is 18.2 Å². The molecule has 6 heteroatoms. The van der Waals surface area contributed by atoms with Crippen molar-refractivity contribution in [2.45, 2.75) is 0 Å². The van der Waals surface area contributed by atoms with E-state index in [0.29, 0.717) is 16.5 Å². The molecule has 0 saturated carbocycles. The van der Waals surface area contributed by atoms with Gasteiger partial charge >= 0.3 is 0 Å². The Morgan fingerprint density at radius 1 is 1.27 bits per heavy atom. The van der Waals surface area contributed by atoms with Crippen LogP contribution in [-0.4, -0.2) is 16.4 Å². The third-order valence-electron chi connectivity index (χ3n) is 1.82. The number of aromatic nitrogens is 2. The molecule has 2 aromatic rings. The molecule has 0 aliphatic heterocycles. The summed E-state index contributed by atoms with van der Waals surface area (Å²) in [6.07, 6.45) is 0. The first-order valence-corrected chi connectivity index (χ1v) is 4.95. The van der Waals surface area contributed by atoms with Gasteiger partial charge < -0.3 is 5.32 Å². The molecule has 0 amide bonds. The number of nitrogens with one attached hydrogen (secondary N) is 1. The summed E-state index contributed by atoms with van der Waals surface area (Å²) in [5.74, 6) is -1.38. The highest BCUT2D eigenvalue weighted by molar-refractivity contribution is 7.09. The zero-order chi connectivity index (χ0) is 10.8. The zero-order valence-corrected chi connectivity index (χ0v) is 8.61. The van der Waals surface area contributed by atoms with Gasteiger partial charge in [0.25, 0.3) is 0 Å². The molecular weight excluding hydrogens is 220 g/mol. The molecule has 0 radical (unpaired) electrons. The highest BCUT2D eigenvalue weighted by atomic mass is 32.1. The second-order valence-electron chi connectivity index (χ2n) is 2.80. The van der Waals surface area contributed by atoms with Gasteiger partial charge in [0.2, 0.25) is 5.13 Å². The smallest absolute Gasteiger partial charge is 0.202 e. The van der Waals surface area contributed by atoms with E-state index in [2.05, 4.69) is 14.7 Å². The summed E-state index contributed by atoms with van der Waals surface area (Å²) < 4.78 is 29.6. The average molecular weight is 227 g/mol. The van der Waals surface area contributed by atoms with Gasteiger partial charge in [-0.15, -0.1) is 0 Å². The van der Waals surface area contributed by atoms with Gasteiger partial charge in [-0.2, -0.15) is 9.36 Å². The van der Waals surface area contributed by atoms with E-state index >= 15 is 0 Å². The van der Waals surface area contributed by atoms with Crippen molar-refractivity contribution in [1.82, 2.24) is 9.36 Å². The van der Waals surface area contributed by atoms with Crippen molar-refractivity contribution in [2.24, 2.45) is 0 Å². The quantitative estimate of drug-likeness (QED) is 0.856. The monoisotopic (exact) mass is 227 g/mol. The molecule has 0 atom stereocenters. The maximum absolute atomic E-state index is 12.9. The number of rotatable bonds is 2. The highest BCUT2D eigenvalue weighted by Crippen LogP contribution is 2.22. The van der Waals surface area contributed by atoms with E-state index in [1.807, 2.05) is 0 Å². The topological polar surface area (TPSA) is 37.8 Å². The lowest BCUT2D eigenvalue weighted by Crippen LogP contribution is -1.88. The molecular formula is C9H7F2N3S. The number of benzene rings is 1. The molecule has 0 aliphatic rings. The van der Waals surface area contributed by atoms with E-state index in [9.17, 15) is 8.78 Å². The van der Waals surface area contributed by atoms with Gasteiger partial charge in [-0.25, -0.2) is 8.78 Å². The van der Waals surface area contributed by atoms with E-state index in [4.69, 9.17) is 0 Å². The molecule has 1 N–H and O–H groups in total. The Morgan fingerprint density at radius 3 is 2.67 bits per heavy atom. The van der Waals surface area contributed by atoms with E-state index in [1.165, 1.54) is 17.6 Å². The molecule has 0 saturated heterocycles. The van der Waals surface area contributed by atoms with E-state index in [0.717, 1.165) is 12.1 Å². The van der Waals surface area contributed by atoms with Crippen LogP contribution in [0.5, 0.6) is 0 Å². The van der Waals surface area contributed by atoms with Crippen molar-refractivity contribution in [3.63, 3.8) is 0 Å². The number of hydrogen-bond acceptors (Lipinski definition) is 4. The van der Waals surface area contributed by atoms with Crippen LogP contribution in [-0.2, 0) is 0 Å². The predicted octanol–water partition coefficient (Wildman–Crippen LogP) is 2.53. The van der Waals surface area contributed by atoms with E-state index in [1.54, 1.807) is 7.05 Å². The number of nitrogens with zero attached hydrogens (tertiary/aromatic N) is 2. The minimum atomic E-state index is -0.895. The number of anilines is 1. The molecule has 0 fully saturated rings. The first-order valence-electron chi connectivity index (χ1n) is 4.17. The second kappa shape index (κ2) is 3.90. The molecule has 1 heterocycles. The molecule has 1 aromatic carbocycles. The minimum absolute atomic E-state index is 0.392. The van der Waals surface area contributed by atoms with Crippen molar-refractivity contribution < 1.29 is 8.78 Å². The van der Waals surface area contributed by atoms with Crippen molar-refractivity contribution in [1.29, 1.82) is 0 Å². The molecule has 2 rings (SSSR count). The fourth-order valence-electron chi connectivity index (χ4n) is 1.08. The van der Waals surface area contributed by atoms with Crippen LogP contribution in [0.2, 0.25) is 0 Å². The van der Waals surface area contributed by atoms with Gasteiger partial charge in [0.1, 0.15) is 0 Å². The Morgan fingerprint density at radius 2 is 2.07 bits per heavy atom. The maximum atomic E-state index is 12.9. The Labute approximate surface area is 89.0 Å². The van der Waals surface area contributed by atoms with Gasteiger partial charge in [0, 0.05) is 24.1 Å². The second-order valence-corrected chi connectivity index (χ2v) is 3.55. The Bertz CT molecular complexity index is 484. The fourth-order valence-corrected chi connectivity index (χ4v) is 1.62. The third-order valence-corrected chi connectivity index (χ3v) is 2.55. The maximum Gasteiger partial charge on any atom is 0.202 e. The van der Waals surface area contributed by atoms with Gasteiger partial charge in [-0.1, -0.05) is 0 Å². The van der Waals surface area contributed by atoms with Crippen LogP contribution in [0, 0.1) is 11.6 Å². The van der Waals surface area contributed by atoms with Gasteiger partial charge in [0.05, 0.1) is 0 Å². The summed E-state index contributed by atoms with van der Waals surface area (Å²) >= 11 is 1.17. The number of hydrogen-bond donors (Lipinski definition) is 1. The molecule has 0 spiro atoms. The molecule has 1 aromatic heterocycles. The van der Waals surface area contributed by atoms with Crippen LogP contribution < -0.4 is 5.32 Å². The summed E-state index contributed by atoms with van der Waals surface area (Å²) in [6, 6.07) is 3.58. The summed E-state index contributed by atoms with van der Waals surface area (Å²) in [6.45, 7) is 0. The summed E-state index contributed by atoms with van der Waals surface area (Å²) in [7, 11) is 1.72. The van der Waals surface area contributed by atoms with E-state index < -0.39 is 11.6 Å². The first-order chi connectivity index (χ1) is 7.20. The number of halogens is 2. The predicted molar refractivity (Wildman–Crippen MR) is 54.8 cm³/mol. The zero-order valence-electron chi connectivity index (χ0n) is 7.79. The average Bonchev–Trinajstić information content (AvgIpc) is 2.70. The van der Waals surface area contributed by atoms with Crippen LogP contribution >= 0.6 is 11.5 Å². The Balaban J connectivity index is 2.40. The van der Waals surface area contributed by atoms with Crippen LogP contribution in [0.3, 0.4) is 0 Å². The molecule has 0 aliphatic carbocycles. The minimum Gasteiger partial charge on any atom is -0.363 e. The lowest BCUT2D eigenvalue weighted by Gasteiger charge is -1.96. The van der Waals surface area contributed by atoms with Crippen LogP contribution in [0.1, 0.15) is 0 Å². The molecule has 78 valence electrons. The molecule has 0 bridgehead atoms. The van der Waals surface area contributed by atoms with E-state index in [-0.39, 0.29) is 0 Å².